The topological polar surface area (TPSA) is 76.7 Å². The molecule has 1 aromatic rings. The molecule has 0 atom stereocenters. The average molecular weight is 288 g/mol. The third-order valence-electron chi connectivity index (χ3n) is 3.30. The van der Waals surface area contributed by atoms with Gasteiger partial charge in [0.25, 0.3) is 0 Å². The molecule has 21 heavy (non-hydrogen) atoms. The smallest absolute Gasteiger partial charge is 0.478 e. The van der Waals surface area contributed by atoms with Crippen LogP contribution >= 0.6 is 0 Å². The van der Waals surface area contributed by atoms with Crippen LogP contribution in [0.1, 0.15) is 25.7 Å². The van der Waals surface area contributed by atoms with E-state index in [2.05, 4.69) is 10.6 Å². The third-order valence-corrected chi connectivity index (χ3v) is 3.30. The molecule has 0 bridgehead atoms. The summed E-state index contributed by atoms with van der Waals surface area (Å²) in [5.41, 5.74) is 0.620. The monoisotopic (exact) mass is 288 g/mol. The quantitative estimate of drug-likeness (QED) is 0.797. The lowest BCUT2D eigenvalue weighted by atomic mass is 9.79. The lowest BCUT2D eigenvalue weighted by molar-refractivity contribution is 0.174. The lowest BCUT2D eigenvalue weighted by Crippen LogP contribution is -2.45. The van der Waals surface area contributed by atoms with Crippen LogP contribution in [0.15, 0.2) is 30.3 Å². The van der Waals surface area contributed by atoms with Crippen molar-refractivity contribution in [3.05, 3.63) is 30.3 Å². The number of hydrogen-bond donors (Lipinski definition) is 2. The molecule has 0 heterocycles. The minimum absolute atomic E-state index is 0.189. The molecule has 0 spiro atoms. The van der Waals surface area contributed by atoms with E-state index >= 15 is 0 Å². The number of nitrogens with one attached hydrogen (secondary N) is 2. The molecule has 2 saturated carbocycles. The van der Waals surface area contributed by atoms with Crippen LogP contribution in [-0.4, -0.2) is 31.4 Å². The molecule has 0 saturated heterocycles. The Morgan fingerprint density at radius 3 is 1.81 bits per heavy atom. The molecule has 2 aliphatic rings. The second-order valence-electron chi connectivity index (χ2n) is 5.39. The van der Waals surface area contributed by atoms with Crippen LogP contribution in [0.4, 0.5) is 9.59 Å². The van der Waals surface area contributed by atoms with Crippen molar-refractivity contribution in [2.24, 2.45) is 0 Å². The van der Waals surface area contributed by atoms with E-state index in [0.717, 1.165) is 25.7 Å². The lowest BCUT2D eigenvalue weighted by Gasteiger charge is -2.15. The van der Waals surface area contributed by atoms with E-state index in [4.69, 9.17) is 9.31 Å². The molecule has 0 aromatic heterocycles. The normalized spacial score (nSPS) is 16.8. The van der Waals surface area contributed by atoms with E-state index in [1.807, 2.05) is 6.07 Å². The molecular formula is C14H17BN2O4. The van der Waals surface area contributed by atoms with Gasteiger partial charge in [-0.3, -0.25) is 0 Å². The van der Waals surface area contributed by atoms with E-state index in [0.29, 0.717) is 5.46 Å². The van der Waals surface area contributed by atoms with Gasteiger partial charge in [-0.25, -0.2) is 9.59 Å². The fourth-order valence-corrected chi connectivity index (χ4v) is 1.82. The van der Waals surface area contributed by atoms with Crippen molar-refractivity contribution in [2.75, 3.05) is 0 Å². The summed E-state index contributed by atoms with van der Waals surface area (Å²) < 4.78 is 10.5. The first kappa shape index (κ1) is 13.8. The van der Waals surface area contributed by atoms with Crippen molar-refractivity contribution >= 4 is 24.8 Å². The Morgan fingerprint density at radius 1 is 0.905 bits per heavy atom. The highest BCUT2D eigenvalue weighted by molar-refractivity contribution is 6.64. The molecule has 2 N–H and O–H groups in total. The Labute approximate surface area is 123 Å². The zero-order valence-corrected chi connectivity index (χ0v) is 11.6. The van der Waals surface area contributed by atoms with Gasteiger partial charge in [0.2, 0.25) is 0 Å². The summed E-state index contributed by atoms with van der Waals surface area (Å²) in [6.07, 6.45) is 2.74. The molecule has 7 heteroatoms. The maximum absolute atomic E-state index is 11.7. The second-order valence-corrected chi connectivity index (χ2v) is 5.39. The third kappa shape index (κ3) is 4.41. The van der Waals surface area contributed by atoms with Crippen LogP contribution in [0.5, 0.6) is 0 Å². The summed E-state index contributed by atoms with van der Waals surface area (Å²) in [7, 11) is -1.04. The standard InChI is InChI=1S/C14H17BN2O4/c18-13(16-11-6-7-11)20-15(10-4-2-1-3-5-10)21-14(19)17-12-8-9-12/h1-5,11-12H,6-9H2,(H,16,18)(H,17,19). The van der Waals surface area contributed by atoms with Crippen LogP contribution in [0, 0.1) is 0 Å². The van der Waals surface area contributed by atoms with Gasteiger partial charge in [0.05, 0.1) is 0 Å². The number of hydrogen-bond acceptors (Lipinski definition) is 4. The summed E-state index contributed by atoms with van der Waals surface area (Å²) in [6, 6.07) is 9.32. The highest BCUT2D eigenvalue weighted by Gasteiger charge is 2.34. The minimum Gasteiger partial charge on any atom is -0.478 e. The SMILES string of the molecule is O=C(NC1CC1)OB(OC(=O)NC1CC1)c1ccccc1. The molecule has 110 valence electrons. The summed E-state index contributed by atoms with van der Waals surface area (Å²) in [5, 5.41) is 5.42. The van der Waals surface area contributed by atoms with Gasteiger partial charge in [-0.05, 0) is 25.7 Å². The molecule has 1 aromatic carbocycles. The van der Waals surface area contributed by atoms with Crippen LogP contribution in [0.3, 0.4) is 0 Å². The van der Waals surface area contributed by atoms with Gasteiger partial charge in [0.1, 0.15) is 0 Å². The Balaban J connectivity index is 1.61. The fourth-order valence-electron chi connectivity index (χ4n) is 1.82. The first-order valence-electron chi connectivity index (χ1n) is 7.20. The van der Waals surface area contributed by atoms with Crippen molar-refractivity contribution < 1.29 is 18.9 Å². The number of rotatable bonds is 5. The maximum Gasteiger partial charge on any atom is 0.639 e. The fraction of sp³-hybridized carbons (Fsp3) is 0.429. The summed E-state index contributed by atoms with van der Waals surface area (Å²) in [5.74, 6) is 0. The molecule has 0 radical (unpaired) electrons. The maximum atomic E-state index is 11.7. The van der Waals surface area contributed by atoms with Crippen molar-refractivity contribution in [1.82, 2.24) is 10.6 Å². The van der Waals surface area contributed by atoms with Gasteiger partial charge in [-0.2, -0.15) is 0 Å². The molecule has 0 aliphatic heterocycles. The first-order chi connectivity index (χ1) is 10.2. The van der Waals surface area contributed by atoms with Gasteiger partial charge in [-0.15, -0.1) is 0 Å². The highest BCUT2D eigenvalue weighted by atomic mass is 16.7. The van der Waals surface area contributed by atoms with Crippen molar-refractivity contribution in [3.63, 3.8) is 0 Å². The van der Waals surface area contributed by atoms with Gasteiger partial charge in [0, 0.05) is 17.5 Å². The zero-order chi connectivity index (χ0) is 14.7. The highest BCUT2D eigenvalue weighted by Crippen LogP contribution is 2.19. The van der Waals surface area contributed by atoms with Gasteiger partial charge in [0.15, 0.2) is 0 Å². The van der Waals surface area contributed by atoms with Crippen molar-refractivity contribution in [2.45, 2.75) is 37.8 Å². The van der Waals surface area contributed by atoms with Crippen LogP contribution in [-0.2, 0) is 9.31 Å². The predicted molar refractivity (Wildman–Crippen MR) is 77.1 cm³/mol. The van der Waals surface area contributed by atoms with Gasteiger partial charge >= 0.3 is 19.3 Å². The van der Waals surface area contributed by atoms with Gasteiger partial charge < -0.3 is 19.9 Å². The first-order valence-corrected chi connectivity index (χ1v) is 7.20. The Hall–Kier alpha value is -2.18. The number of benzene rings is 1. The van der Waals surface area contributed by atoms with E-state index in [9.17, 15) is 9.59 Å². The molecular weight excluding hydrogens is 271 g/mol. The summed E-state index contributed by atoms with van der Waals surface area (Å²) in [4.78, 5) is 23.5. The molecule has 2 aliphatic carbocycles. The largest absolute Gasteiger partial charge is 0.639 e. The Morgan fingerprint density at radius 2 is 1.38 bits per heavy atom. The second kappa shape index (κ2) is 6.07. The van der Waals surface area contributed by atoms with E-state index < -0.39 is 19.3 Å². The van der Waals surface area contributed by atoms with Crippen LogP contribution in [0.25, 0.3) is 0 Å². The molecule has 0 unspecified atom stereocenters. The molecule has 6 nitrogen and oxygen atoms in total. The predicted octanol–water partition coefficient (Wildman–Crippen LogP) is 1.16. The molecule has 2 amide bonds. The van der Waals surface area contributed by atoms with E-state index in [-0.39, 0.29) is 12.1 Å². The molecule has 3 rings (SSSR count). The summed E-state index contributed by atoms with van der Waals surface area (Å²) >= 11 is 0. The minimum atomic E-state index is -1.04. The number of amides is 2. The average Bonchev–Trinajstić information content (AvgIpc) is 3.36. The van der Waals surface area contributed by atoms with Crippen LogP contribution < -0.4 is 16.1 Å². The van der Waals surface area contributed by atoms with E-state index in [1.165, 1.54) is 0 Å². The van der Waals surface area contributed by atoms with Crippen molar-refractivity contribution in [3.8, 4) is 0 Å². The number of carbonyl (C=O) groups is 2. The van der Waals surface area contributed by atoms with Gasteiger partial charge in [-0.1, -0.05) is 30.3 Å². The zero-order valence-electron chi connectivity index (χ0n) is 11.6. The Bertz CT molecular complexity index is 489. The summed E-state index contributed by atoms with van der Waals surface area (Å²) in [6.45, 7) is 0. The number of carbonyl (C=O) groups excluding carboxylic acids is 2. The molecule has 2 fully saturated rings. The Kier molecular flexibility index (Phi) is 3.99. The van der Waals surface area contributed by atoms with Crippen molar-refractivity contribution in [1.29, 1.82) is 0 Å². The van der Waals surface area contributed by atoms with E-state index in [1.54, 1.807) is 24.3 Å². The van der Waals surface area contributed by atoms with Crippen LogP contribution in [0.2, 0.25) is 0 Å².